The lowest BCUT2D eigenvalue weighted by Gasteiger charge is -2.06. The highest BCUT2D eigenvalue weighted by atomic mass is 79.9. The number of phenols is 1. The molecule has 0 aromatic heterocycles. The summed E-state index contributed by atoms with van der Waals surface area (Å²) in [4.78, 5) is 17.2. The number of methoxy groups -OCH3 is 1. The van der Waals surface area contributed by atoms with Crippen LogP contribution in [0.5, 0.6) is 11.5 Å². The number of amidine groups is 1. The van der Waals surface area contributed by atoms with Crippen LogP contribution in [0.3, 0.4) is 0 Å². The maximum absolute atomic E-state index is 12.2. The van der Waals surface area contributed by atoms with Crippen molar-refractivity contribution in [2.45, 2.75) is 6.92 Å². The van der Waals surface area contributed by atoms with E-state index in [1.807, 2.05) is 31.2 Å². The molecular formula is C18H15BrN2O3S. The first-order valence-electron chi connectivity index (χ1n) is 7.39. The minimum absolute atomic E-state index is 0.0294. The van der Waals surface area contributed by atoms with E-state index in [0.717, 1.165) is 16.8 Å². The van der Waals surface area contributed by atoms with Crippen molar-refractivity contribution in [1.29, 1.82) is 0 Å². The van der Waals surface area contributed by atoms with Gasteiger partial charge in [0.05, 0.1) is 17.7 Å². The number of halogens is 1. The molecule has 0 bridgehead atoms. The third kappa shape index (κ3) is 4.05. The summed E-state index contributed by atoms with van der Waals surface area (Å²) in [5, 5.41) is 13.1. The molecule has 7 heteroatoms. The summed E-state index contributed by atoms with van der Waals surface area (Å²) >= 11 is 4.65. The molecule has 5 nitrogen and oxygen atoms in total. The van der Waals surface area contributed by atoms with E-state index in [0.29, 0.717) is 20.3 Å². The fourth-order valence-corrected chi connectivity index (χ4v) is 3.55. The largest absolute Gasteiger partial charge is 0.504 e. The van der Waals surface area contributed by atoms with E-state index in [1.165, 1.54) is 24.9 Å². The van der Waals surface area contributed by atoms with Crippen LogP contribution in [0.2, 0.25) is 0 Å². The van der Waals surface area contributed by atoms with Gasteiger partial charge in [-0.05, 0) is 60.2 Å². The van der Waals surface area contributed by atoms with Crippen molar-refractivity contribution in [2.75, 3.05) is 7.11 Å². The Hall–Kier alpha value is -2.25. The third-order valence-corrected chi connectivity index (χ3v) is 5.06. The van der Waals surface area contributed by atoms with Crippen LogP contribution in [0, 0.1) is 6.92 Å². The molecule has 0 radical (unpaired) electrons. The maximum Gasteiger partial charge on any atom is 0.264 e. The summed E-state index contributed by atoms with van der Waals surface area (Å²) in [6.07, 6.45) is 1.73. The molecule has 1 amide bonds. The van der Waals surface area contributed by atoms with Gasteiger partial charge in [-0.15, -0.1) is 0 Å². The van der Waals surface area contributed by atoms with E-state index in [2.05, 4.69) is 26.2 Å². The van der Waals surface area contributed by atoms with Gasteiger partial charge in [-0.2, -0.15) is 0 Å². The van der Waals surface area contributed by atoms with E-state index in [4.69, 9.17) is 4.74 Å². The van der Waals surface area contributed by atoms with E-state index < -0.39 is 0 Å². The molecule has 1 saturated heterocycles. The predicted molar refractivity (Wildman–Crippen MR) is 104 cm³/mol. The van der Waals surface area contributed by atoms with Crippen molar-refractivity contribution in [3.63, 3.8) is 0 Å². The molecule has 3 rings (SSSR count). The van der Waals surface area contributed by atoms with E-state index in [1.54, 1.807) is 12.1 Å². The number of benzene rings is 2. The van der Waals surface area contributed by atoms with Crippen LogP contribution in [-0.4, -0.2) is 23.3 Å². The van der Waals surface area contributed by atoms with E-state index >= 15 is 0 Å². The molecule has 0 spiro atoms. The van der Waals surface area contributed by atoms with Crippen LogP contribution in [0.15, 0.2) is 50.8 Å². The van der Waals surface area contributed by atoms with Crippen molar-refractivity contribution in [2.24, 2.45) is 4.99 Å². The van der Waals surface area contributed by atoms with Gasteiger partial charge in [0.25, 0.3) is 5.91 Å². The molecular weight excluding hydrogens is 404 g/mol. The Bertz CT molecular complexity index is 909. The number of ether oxygens (including phenoxy) is 1. The highest BCUT2D eigenvalue weighted by molar-refractivity contribution is 9.10. The standard InChI is InChI=1S/C18H15BrN2O3S/c1-10-4-3-5-12(6-10)20-18-21-17(23)16(25-18)8-11-7-15(24-2)14(22)9-13(11)19/h3-9,22H,1-2H3,(H,20,21,23)/b16-8-. The van der Waals surface area contributed by atoms with Gasteiger partial charge >= 0.3 is 0 Å². The SMILES string of the molecule is COc1cc(/C=C2\SC(=Nc3cccc(C)c3)NC2=O)c(Br)cc1O. The van der Waals surface area contributed by atoms with Crippen LogP contribution in [-0.2, 0) is 4.79 Å². The molecule has 2 aromatic carbocycles. The summed E-state index contributed by atoms with van der Waals surface area (Å²) in [6, 6.07) is 10.9. The average molecular weight is 419 g/mol. The number of thioether (sulfide) groups is 1. The van der Waals surface area contributed by atoms with Crippen LogP contribution < -0.4 is 10.1 Å². The first-order valence-corrected chi connectivity index (χ1v) is 9.00. The lowest BCUT2D eigenvalue weighted by molar-refractivity contribution is -0.115. The van der Waals surface area contributed by atoms with Gasteiger partial charge in [-0.1, -0.05) is 28.1 Å². The fraction of sp³-hybridized carbons (Fsp3) is 0.111. The maximum atomic E-state index is 12.2. The Balaban J connectivity index is 1.89. The molecule has 2 aromatic rings. The number of hydrogen-bond donors (Lipinski definition) is 2. The lowest BCUT2D eigenvalue weighted by atomic mass is 10.2. The molecule has 25 heavy (non-hydrogen) atoms. The number of carbonyl (C=O) groups is 1. The molecule has 0 saturated carbocycles. The second-order valence-corrected chi connectivity index (χ2v) is 7.25. The third-order valence-electron chi connectivity index (χ3n) is 3.47. The van der Waals surface area contributed by atoms with Gasteiger partial charge in [0.1, 0.15) is 0 Å². The van der Waals surface area contributed by atoms with E-state index in [9.17, 15) is 9.90 Å². The Kier molecular flexibility index (Phi) is 5.15. The summed E-state index contributed by atoms with van der Waals surface area (Å²) < 4.78 is 5.77. The first-order chi connectivity index (χ1) is 12.0. The van der Waals surface area contributed by atoms with E-state index in [-0.39, 0.29) is 11.7 Å². The number of amides is 1. The molecule has 0 aliphatic carbocycles. The highest BCUT2D eigenvalue weighted by Crippen LogP contribution is 2.35. The monoisotopic (exact) mass is 418 g/mol. The Morgan fingerprint density at radius 1 is 1.32 bits per heavy atom. The summed E-state index contributed by atoms with van der Waals surface area (Å²) in [5.41, 5.74) is 2.62. The number of nitrogens with one attached hydrogen (secondary N) is 1. The van der Waals surface area contributed by atoms with Crippen LogP contribution in [0.1, 0.15) is 11.1 Å². The molecule has 0 unspecified atom stereocenters. The van der Waals surface area contributed by atoms with Crippen LogP contribution >= 0.6 is 27.7 Å². The van der Waals surface area contributed by atoms with Crippen molar-refractivity contribution < 1.29 is 14.6 Å². The van der Waals surface area contributed by atoms with Gasteiger partial charge < -0.3 is 15.2 Å². The quantitative estimate of drug-likeness (QED) is 0.726. The summed E-state index contributed by atoms with van der Waals surface area (Å²) in [6.45, 7) is 1.99. The molecule has 1 aliphatic rings. The van der Waals surface area contributed by atoms with Gasteiger partial charge in [0, 0.05) is 4.47 Å². The Morgan fingerprint density at radius 2 is 2.12 bits per heavy atom. The smallest absolute Gasteiger partial charge is 0.264 e. The fourth-order valence-electron chi connectivity index (χ4n) is 2.27. The molecule has 1 heterocycles. The van der Waals surface area contributed by atoms with Crippen molar-refractivity contribution in [1.82, 2.24) is 5.32 Å². The van der Waals surface area contributed by atoms with Gasteiger partial charge in [0.15, 0.2) is 16.7 Å². The first kappa shape index (κ1) is 17.6. The normalized spacial score (nSPS) is 17.2. The zero-order chi connectivity index (χ0) is 18.0. The minimum atomic E-state index is -0.213. The Labute approximate surface area is 157 Å². The second kappa shape index (κ2) is 7.33. The number of rotatable bonds is 3. The number of aromatic hydroxyl groups is 1. The van der Waals surface area contributed by atoms with Gasteiger partial charge in [-0.25, -0.2) is 4.99 Å². The lowest BCUT2D eigenvalue weighted by Crippen LogP contribution is -2.19. The molecule has 128 valence electrons. The Morgan fingerprint density at radius 3 is 2.84 bits per heavy atom. The zero-order valence-electron chi connectivity index (χ0n) is 13.5. The number of nitrogens with zero attached hydrogens (tertiary/aromatic N) is 1. The zero-order valence-corrected chi connectivity index (χ0v) is 15.9. The molecule has 0 atom stereocenters. The molecule has 1 aliphatic heterocycles. The average Bonchev–Trinajstić information content (AvgIpc) is 2.89. The topological polar surface area (TPSA) is 70.9 Å². The number of aryl methyl sites for hydroxylation is 1. The van der Waals surface area contributed by atoms with Crippen LogP contribution in [0.25, 0.3) is 6.08 Å². The van der Waals surface area contributed by atoms with Gasteiger partial charge in [0.2, 0.25) is 0 Å². The minimum Gasteiger partial charge on any atom is -0.504 e. The van der Waals surface area contributed by atoms with Crippen LogP contribution in [0.4, 0.5) is 5.69 Å². The number of aliphatic imine (C=N–C) groups is 1. The predicted octanol–water partition coefficient (Wildman–Crippen LogP) is 4.36. The highest BCUT2D eigenvalue weighted by Gasteiger charge is 2.24. The second-order valence-electron chi connectivity index (χ2n) is 5.37. The summed E-state index contributed by atoms with van der Waals surface area (Å²) in [7, 11) is 1.48. The molecule has 2 N–H and O–H groups in total. The van der Waals surface area contributed by atoms with Gasteiger partial charge in [-0.3, -0.25) is 4.79 Å². The van der Waals surface area contributed by atoms with Crippen molar-refractivity contribution in [3.05, 3.63) is 56.9 Å². The number of carbonyl (C=O) groups excluding carboxylic acids is 1. The number of phenolic OH excluding ortho intramolecular Hbond substituents is 1. The number of hydrogen-bond acceptors (Lipinski definition) is 5. The summed E-state index contributed by atoms with van der Waals surface area (Å²) in [5.74, 6) is 0.157. The molecule has 1 fully saturated rings. The van der Waals surface area contributed by atoms with Crippen molar-refractivity contribution in [3.8, 4) is 11.5 Å². The van der Waals surface area contributed by atoms with Crippen molar-refractivity contribution >= 4 is 50.5 Å².